The summed E-state index contributed by atoms with van der Waals surface area (Å²) in [7, 11) is 0. The van der Waals surface area contributed by atoms with Crippen LogP contribution in [0.1, 0.15) is 30.5 Å². The number of aromatic nitrogens is 1. The molecule has 0 N–H and O–H groups in total. The van der Waals surface area contributed by atoms with Crippen molar-refractivity contribution in [3.8, 4) is 11.3 Å². The number of nitrogens with zero attached hydrogens (tertiary/aromatic N) is 3. The highest BCUT2D eigenvalue weighted by molar-refractivity contribution is 9.10. The van der Waals surface area contributed by atoms with Gasteiger partial charge in [-0.2, -0.15) is 0 Å². The van der Waals surface area contributed by atoms with Crippen molar-refractivity contribution in [3.63, 3.8) is 0 Å². The number of hydrogen-bond acceptors (Lipinski definition) is 5. The molecule has 7 heteroatoms. The highest BCUT2D eigenvalue weighted by Crippen LogP contribution is 2.48. The second-order valence-corrected chi connectivity index (χ2v) is 9.28. The van der Waals surface area contributed by atoms with Gasteiger partial charge in [0.2, 0.25) is 0 Å². The van der Waals surface area contributed by atoms with Crippen LogP contribution in [0.4, 0.5) is 4.39 Å². The Labute approximate surface area is 175 Å². The molecule has 142 valence electrons. The summed E-state index contributed by atoms with van der Waals surface area (Å²) in [5, 5.41) is 1.50. The molecule has 3 atom stereocenters. The Morgan fingerprint density at radius 1 is 1.21 bits per heavy atom. The molecule has 4 heterocycles. The monoisotopic (exact) mass is 457 g/mol. The topological polar surface area (TPSA) is 41.6 Å². The van der Waals surface area contributed by atoms with Gasteiger partial charge in [0.1, 0.15) is 29.4 Å². The molecule has 0 unspecified atom stereocenters. The molecule has 2 aromatic heterocycles. The van der Waals surface area contributed by atoms with Gasteiger partial charge in [0.05, 0.1) is 11.3 Å². The predicted molar refractivity (Wildman–Crippen MR) is 113 cm³/mol. The van der Waals surface area contributed by atoms with E-state index in [0.717, 1.165) is 23.2 Å². The first-order valence-electron chi connectivity index (χ1n) is 9.07. The first-order valence-corrected chi connectivity index (χ1v) is 10.7. The zero-order valence-electron chi connectivity index (χ0n) is 15.0. The standard InChI is InChI=1S/C21H17BrFN3OS/c1-12-11-26-20(19(25-21(26)28-12)16-4-2-3-9-24-16)18-8-7-17(27-18)14-6-5-13(22)10-15(14)23/h2-10,12,19-20H,11H2,1H3/t12-,19+,20-/m0/s1. The molecule has 0 saturated carbocycles. The maximum Gasteiger partial charge on any atom is 0.161 e. The number of benzene rings is 1. The molecule has 2 aliphatic heterocycles. The van der Waals surface area contributed by atoms with Crippen molar-refractivity contribution in [3.05, 3.63) is 76.5 Å². The van der Waals surface area contributed by atoms with Gasteiger partial charge in [-0.1, -0.05) is 40.7 Å². The Morgan fingerprint density at radius 2 is 2.11 bits per heavy atom. The van der Waals surface area contributed by atoms with E-state index in [2.05, 4.69) is 32.7 Å². The van der Waals surface area contributed by atoms with Crippen molar-refractivity contribution in [1.82, 2.24) is 9.88 Å². The van der Waals surface area contributed by atoms with Crippen LogP contribution in [0.2, 0.25) is 0 Å². The number of fused-ring (bicyclic) bond motifs is 1. The summed E-state index contributed by atoms with van der Waals surface area (Å²) >= 11 is 5.08. The molecular formula is C21H17BrFN3OS. The van der Waals surface area contributed by atoms with Crippen LogP contribution in [-0.4, -0.2) is 26.8 Å². The second-order valence-electron chi connectivity index (χ2n) is 6.96. The van der Waals surface area contributed by atoms with E-state index in [1.165, 1.54) is 6.07 Å². The quantitative estimate of drug-likeness (QED) is 0.495. The second kappa shape index (κ2) is 7.04. The van der Waals surface area contributed by atoms with Crippen LogP contribution in [0.5, 0.6) is 0 Å². The van der Waals surface area contributed by atoms with E-state index in [0.29, 0.717) is 21.0 Å². The first-order chi connectivity index (χ1) is 13.6. The van der Waals surface area contributed by atoms with E-state index in [1.54, 1.807) is 24.0 Å². The third-order valence-electron chi connectivity index (χ3n) is 5.00. The van der Waals surface area contributed by atoms with Crippen molar-refractivity contribution in [1.29, 1.82) is 0 Å². The Kier molecular flexibility index (Phi) is 4.51. The summed E-state index contributed by atoms with van der Waals surface area (Å²) in [4.78, 5) is 11.8. The van der Waals surface area contributed by atoms with Gasteiger partial charge in [0, 0.05) is 22.5 Å². The maximum atomic E-state index is 14.4. The number of aliphatic imine (C=N–C) groups is 1. The minimum absolute atomic E-state index is 0.0744. The molecule has 2 aliphatic rings. The minimum Gasteiger partial charge on any atom is -0.459 e. The van der Waals surface area contributed by atoms with Crippen molar-refractivity contribution < 1.29 is 8.81 Å². The third-order valence-corrected chi connectivity index (χ3v) is 6.59. The Balaban J connectivity index is 1.54. The largest absolute Gasteiger partial charge is 0.459 e. The van der Waals surface area contributed by atoms with Crippen molar-refractivity contribution in [2.75, 3.05) is 6.54 Å². The maximum absolute atomic E-state index is 14.4. The molecule has 3 aromatic rings. The summed E-state index contributed by atoms with van der Waals surface area (Å²) in [6.45, 7) is 3.10. The van der Waals surface area contributed by atoms with E-state index in [9.17, 15) is 4.39 Å². The summed E-state index contributed by atoms with van der Waals surface area (Å²) in [5.41, 5.74) is 1.36. The number of pyridine rings is 1. The SMILES string of the molecule is C[C@H]1CN2C(=N[C@H](c3ccccn3)[C@@H]2c2ccc(-c3ccc(Br)cc3F)o2)S1. The molecule has 5 rings (SSSR count). The zero-order chi connectivity index (χ0) is 19.3. The molecular weight excluding hydrogens is 441 g/mol. The molecule has 1 saturated heterocycles. The van der Waals surface area contributed by atoms with Gasteiger partial charge < -0.3 is 9.32 Å². The van der Waals surface area contributed by atoms with Gasteiger partial charge in [-0.05, 0) is 42.5 Å². The first kappa shape index (κ1) is 17.9. The molecule has 0 radical (unpaired) electrons. The highest BCUT2D eigenvalue weighted by Gasteiger charge is 2.45. The van der Waals surface area contributed by atoms with E-state index < -0.39 is 0 Å². The minimum atomic E-state index is -0.315. The Morgan fingerprint density at radius 3 is 2.89 bits per heavy atom. The fraction of sp³-hybridized carbons (Fsp3) is 0.238. The van der Waals surface area contributed by atoms with Crippen molar-refractivity contribution in [2.45, 2.75) is 24.3 Å². The Bertz CT molecular complexity index is 1050. The number of amidine groups is 1. The average molecular weight is 458 g/mol. The van der Waals surface area contributed by atoms with Gasteiger partial charge in [-0.3, -0.25) is 4.98 Å². The molecule has 0 aliphatic carbocycles. The lowest BCUT2D eigenvalue weighted by atomic mass is 10.0. The van der Waals surface area contributed by atoms with E-state index >= 15 is 0 Å². The van der Waals surface area contributed by atoms with Gasteiger partial charge in [-0.25, -0.2) is 9.38 Å². The number of hydrogen-bond donors (Lipinski definition) is 0. The van der Waals surface area contributed by atoms with Gasteiger partial charge in [0.15, 0.2) is 5.17 Å². The Hall–Kier alpha value is -2.12. The molecule has 0 spiro atoms. The average Bonchev–Trinajstić information content (AvgIpc) is 3.36. The lowest BCUT2D eigenvalue weighted by Gasteiger charge is -2.25. The van der Waals surface area contributed by atoms with Crippen molar-refractivity contribution >= 4 is 32.9 Å². The lowest BCUT2D eigenvalue weighted by molar-refractivity contribution is 0.277. The fourth-order valence-electron chi connectivity index (χ4n) is 3.77. The van der Waals surface area contributed by atoms with Crippen LogP contribution in [0.15, 0.2) is 68.6 Å². The number of rotatable bonds is 3. The zero-order valence-corrected chi connectivity index (χ0v) is 17.5. The molecule has 4 nitrogen and oxygen atoms in total. The summed E-state index contributed by atoms with van der Waals surface area (Å²) in [6.07, 6.45) is 1.79. The summed E-state index contributed by atoms with van der Waals surface area (Å²) in [5.74, 6) is 0.986. The van der Waals surface area contributed by atoms with Crippen LogP contribution in [0, 0.1) is 5.82 Å². The third kappa shape index (κ3) is 3.06. The molecule has 1 aromatic carbocycles. The van der Waals surface area contributed by atoms with E-state index in [1.807, 2.05) is 36.4 Å². The van der Waals surface area contributed by atoms with Crippen molar-refractivity contribution in [2.24, 2.45) is 4.99 Å². The fourth-order valence-corrected chi connectivity index (χ4v) is 5.20. The molecule has 28 heavy (non-hydrogen) atoms. The summed E-state index contributed by atoms with van der Waals surface area (Å²) in [6, 6.07) is 14.4. The predicted octanol–water partition coefficient (Wildman–Crippen LogP) is 5.83. The highest BCUT2D eigenvalue weighted by atomic mass is 79.9. The molecule has 0 amide bonds. The smallest absolute Gasteiger partial charge is 0.161 e. The molecule has 0 bridgehead atoms. The summed E-state index contributed by atoms with van der Waals surface area (Å²) < 4.78 is 21.3. The van der Waals surface area contributed by atoms with Crippen LogP contribution >= 0.6 is 27.7 Å². The van der Waals surface area contributed by atoms with Gasteiger partial charge in [0.25, 0.3) is 0 Å². The van der Waals surface area contributed by atoms with E-state index in [-0.39, 0.29) is 17.9 Å². The normalized spacial score (nSPS) is 23.8. The van der Waals surface area contributed by atoms with Gasteiger partial charge in [-0.15, -0.1) is 0 Å². The number of furan rings is 1. The van der Waals surface area contributed by atoms with Crippen LogP contribution in [0.3, 0.4) is 0 Å². The number of halogens is 2. The van der Waals surface area contributed by atoms with E-state index in [4.69, 9.17) is 9.41 Å². The van der Waals surface area contributed by atoms with Crippen LogP contribution < -0.4 is 0 Å². The molecule has 1 fully saturated rings. The number of thioether (sulfide) groups is 1. The lowest BCUT2D eigenvalue weighted by Crippen LogP contribution is -2.28. The van der Waals surface area contributed by atoms with Crippen LogP contribution in [-0.2, 0) is 0 Å². The van der Waals surface area contributed by atoms with Crippen LogP contribution in [0.25, 0.3) is 11.3 Å². The van der Waals surface area contributed by atoms with Gasteiger partial charge >= 0.3 is 0 Å².